The molecule has 2 aliphatic rings. The number of Topliss-reactive ketones (excluding diaryl/α,β-unsaturated/α-hetero) is 1. The number of hydrogen-bond acceptors (Lipinski definition) is 3. The molecule has 0 unspecified atom stereocenters. The monoisotopic (exact) mass is 355 g/mol. The molecule has 1 spiro atoms. The fourth-order valence-electron chi connectivity index (χ4n) is 4.42. The first-order valence-corrected chi connectivity index (χ1v) is 9.04. The third-order valence-corrected chi connectivity index (χ3v) is 5.87. The van der Waals surface area contributed by atoms with Crippen molar-refractivity contribution in [2.24, 2.45) is 0 Å². The fraction of sp³-hybridized carbons (Fsp3) is 0.350. The number of non-ortho nitro benzene ring substituents is 1. The molecule has 0 bridgehead atoms. The number of carbonyl (C=O) groups is 1. The average Bonchev–Trinajstić information content (AvgIpc) is 2.86. The summed E-state index contributed by atoms with van der Waals surface area (Å²) >= 11 is 6.16. The molecule has 0 atom stereocenters. The first-order valence-electron chi connectivity index (χ1n) is 8.67. The third kappa shape index (κ3) is 2.47. The molecule has 0 heterocycles. The molecule has 2 aliphatic carbocycles. The molecule has 0 aromatic heterocycles. The predicted octanol–water partition coefficient (Wildman–Crippen LogP) is 5.70. The molecule has 25 heavy (non-hydrogen) atoms. The van der Waals surface area contributed by atoms with Gasteiger partial charge in [-0.05, 0) is 53.8 Å². The summed E-state index contributed by atoms with van der Waals surface area (Å²) in [5.74, 6) is 0.0917. The second-order valence-corrected chi connectivity index (χ2v) is 7.44. The van der Waals surface area contributed by atoms with E-state index in [2.05, 4.69) is 0 Å². The van der Waals surface area contributed by atoms with Gasteiger partial charge in [-0.3, -0.25) is 14.9 Å². The van der Waals surface area contributed by atoms with Gasteiger partial charge in [-0.1, -0.05) is 37.3 Å². The zero-order chi connectivity index (χ0) is 17.6. The number of rotatable bonds is 1. The highest BCUT2D eigenvalue weighted by atomic mass is 35.5. The van der Waals surface area contributed by atoms with Crippen molar-refractivity contribution in [1.82, 2.24) is 0 Å². The van der Waals surface area contributed by atoms with Crippen LogP contribution in [0.2, 0.25) is 5.02 Å². The quantitative estimate of drug-likeness (QED) is 0.486. The Morgan fingerprint density at radius 2 is 1.60 bits per heavy atom. The van der Waals surface area contributed by atoms with E-state index in [0.717, 1.165) is 55.2 Å². The third-order valence-electron chi connectivity index (χ3n) is 5.64. The number of hydrogen-bond donors (Lipinski definition) is 0. The van der Waals surface area contributed by atoms with Crippen molar-refractivity contribution in [1.29, 1.82) is 0 Å². The molecule has 128 valence electrons. The summed E-state index contributed by atoms with van der Waals surface area (Å²) in [6.07, 6.45) is 5.65. The number of benzene rings is 2. The number of nitrogens with zero attached hydrogens (tertiary/aromatic N) is 1. The summed E-state index contributed by atoms with van der Waals surface area (Å²) in [5, 5.41) is 11.9. The molecule has 0 amide bonds. The van der Waals surface area contributed by atoms with E-state index in [1.54, 1.807) is 30.3 Å². The number of carbonyl (C=O) groups excluding carboxylic acids is 1. The van der Waals surface area contributed by atoms with Crippen LogP contribution in [0.1, 0.15) is 54.4 Å². The molecule has 1 fully saturated rings. The lowest BCUT2D eigenvalue weighted by Crippen LogP contribution is -2.39. The van der Waals surface area contributed by atoms with Crippen LogP contribution in [0.25, 0.3) is 11.1 Å². The summed E-state index contributed by atoms with van der Waals surface area (Å²) in [6.45, 7) is 0. The smallest absolute Gasteiger partial charge is 0.269 e. The number of nitro benzene ring substituents is 1. The Labute approximate surface area is 151 Å². The standard InChI is InChI=1S/C20H18ClNO3/c21-13-5-7-16-17(11-13)15-8-6-14(22(24)25)12-18(15)20(19(16)23)9-3-1-2-4-10-20/h5-8,11-12H,1-4,9-10H2. The number of halogens is 1. The van der Waals surface area contributed by atoms with Crippen molar-refractivity contribution in [2.75, 3.05) is 0 Å². The van der Waals surface area contributed by atoms with Crippen LogP contribution in [-0.4, -0.2) is 10.7 Å². The normalized spacial score (nSPS) is 18.4. The minimum Gasteiger partial charge on any atom is -0.293 e. The maximum atomic E-state index is 13.5. The SMILES string of the molecule is O=C1c2ccc(Cl)cc2-c2ccc([N+](=O)[O-])cc2C12CCCCCC2. The van der Waals surface area contributed by atoms with E-state index < -0.39 is 5.41 Å². The van der Waals surface area contributed by atoms with Crippen molar-refractivity contribution in [3.05, 3.63) is 62.7 Å². The number of fused-ring (bicyclic) bond motifs is 4. The summed E-state index contributed by atoms with van der Waals surface area (Å²) in [7, 11) is 0. The molecular formula is C20H18ClNO3. The van der Waals surface area contributed by atoms with Crippen LogP contribution in [0.5, 0.6) is 0 Å². The van der Waals surface area contributed by atoms with Crippen LogP contribution < -0.4 is 0 Å². The summed E-state index contributed by atoms with van der Waals surface area (Å²) < 4.78 is 0. The zero-order valence-electron chi connectivity index (χ0n) is 13.8. The minimum atomic E-state index is -0.640. The zero-order valence-corrected chi connectivity index (χ0v) is 14.5. The minimum absolute atomic E-state index is 0.0423. The topological polar surface area (TPSA) is 60.2 Å². The molecule has 0 N–H and O–H groups in total. The van der Waals surface area contributed by atoms with E-state index in [1.165, 1.54) is 6.07 Å². The lowest BCUT2D eigenvalue weighted by atomic mass is 9.63. The molecule has 4 rings (SSSR count). The van der Waals surface area contributed by atoms with Crippen molar-refractivity contribution in [2.45, 2.75) is 43.9 Å². The Morgan fingerprint density at radius 1 is 0.920 bits per heavy atom. The Hall–Kier alpha value is -2.20. The van der Waals surface area contributed by atoms with Gasteiger partial charge in [0.05, 0.1) is 10.3 Å². The van der Waals surface area contributed by atoms with Gasteiger partial charge in [0.25, 0.3) is 5.69 Å². The van der Waals surface area contributed by atoms with Crippen molar-refractivity contribution in [3.63, 3.8) is 0 Å². The van der Waals surface area contributed by atoms with Gasteiger partial charge in [0.1, 0.15) is 0 Å². The van der Waals surface area contributed by atoms with Gasteiger partial charge >= 0.3 is 0 Å². The predicted molar refractivity (Wildman–Crippen MR) is 97.3 cm³/mol. The maximum Gasteiger partial charge on any atom is 0.269 e. The van der Waals surface area contributed by atoms with Crippen LogP contribution >= 0.6 is 11.6 Å². The first kappa shape index (κ1) is 16.3. The van der Waals surface area contributed by atoms with Crippen molar-refractivity contribution >= 4 is 23.1 Å². The van der Waals surface area contributed by atoms with E-state index in [9.17, 15) is 14.9 Å². The van der Waals surface area contributed by atoms with E-state index in [4.69, 9.17) is 11.6 Å². The van der Waals surface area contributed by atoms with E-state index in [-0.39, 0.29) is 16.4 Å². The fourth-order valence-corrected chi connectivity index (χ4v) is 4.59. The summed E-state index contributed by atoms with van der Waals surface area (Å²) in [5.41, 5.74) is 2.59. The van der Waals surface area contributed by atoms with Gasteiger partial charge in [-0.25, -0.2) is 0 Å². The number of ketones is 1. The highest BCUT2D eigenvalue weighted by Crippen LogP contribution is 2.50. The molecule has 2 aromatic carbocycles. The van der Waals surface area contributed by atoms with Crippen LogP contribution in [0.15, 0.2) is 36.4 Å². The lowest BCUT2D eigenvalue weighted by molar-refractivity contribution is -0.384. The Balaban J connectivity index is 2.02. The Morgan fingerprint density at radius 3 is 2.28 bits per heavy atom. The molecule has 0 aliphatic heterocycles. The molecule has 0 saturated heterocycles. The highest BCUT2D eigenvalue weighted by Gasteiger charge is 2.46. The van der Waals surface area contributed by atoms with E-state index >= 15 is 0 Å². The lowest BCUT2D eigenvalue weighted by Gasteiger charge is -2.38. The van der Waals surface area contributed by atoms with Gasteiger partial charge in [0, 0.05) is 22.7 Å². The molecular weight excluding hydrogens is 338 g/mol. The molecule has 5 heteroatoms. The van der Waals surface area contributed by atoms with Crippen molar-refractivity contribution in [3.8, 4) is 11.1 Å². The second kappa shape index (κ2) is 5.95. The van der Waals surface area contributed by atoms with Crippen LogP contribution in [0, 0.1) is 10.1 Å². The summed E-state index contributed by atoms with van der Waals surface area (Å²) in [4.78, 5) is 24.4. The Bertz CT molecular complexity index is 883. The second-order valence-electron chi connectivity index (χ2n) is 7.00. The van der Waals surface area contributed by atoms with Gasteiger partial charge < -0.3 is 0 Å². The van der Waals surface area contributed by atoms with Gasteiger partial charge in [-0.15, -0.1) is 0 Å². The number of nitro groups is 1. The first-order chi connectivity index (χ1) is 12.0. The Kier molecular flexibility index (Phi) is 3.88. The largest absolute Gasteiger partial charge is 0.293 e. The van der Waals surface area contributed by atoms with Gasteiger partial charge in [-0.2, -0.15) is 0 Å². The van der Waals surface area contributed by atoms with Gasteiger partial charge in [0.15, 0.2) is 5.78 Å². The van der Waals surface area contributed by atoms with Crippen LogP contribution in [0.3, 0.4) is 0 Å². The molecule has 0 radical (unpaired) electrons. The molecule has 1 saturated carbocycles. The highest BCUT2D eigenvalue weighted by molar-refractivity contribution is 6.31. The molecule has 2 aromatic rings. The average molecular weight is 356 g/mol. The van der Waals surface area contributed by atoms with Crippen LogP contribution in [-0.2, 0) is 5.41 Å². The van der Waals surface area contributed by atoms with E-state index in [1.807, 2.05) is 0 Å². The molecule has 4 nitrogen and oxygen atoms in total. The maximum absolute atomic E-state index is 13.5. The van der Waals surface area contributed by atoms with Crippen LogP contribution in [0.4, 0.5) is 5.69 Å². The summed E-state index contributed by atoms with van der Waals surface area (Å²) in [6, 6.07) is 10.3. The van der Waals surface area contributed by atoms with Crippen molar-refractivity contribution < 1.29 is 9.72 Å². The van der Waals surface area contributed by atoms with Gasteiger partial charge in [0.2, 0.25) is 0 Å². The van der Waals surface area contributed by atoms with E-state index in [0.29, 0.717) is 10.6 Å².